The van der Waals surface area contributed by atoms with Crippen LogP contribution in [0.5, 0.6) is 0 Å². The summed E-state index contributed by atoms with van der Waals surface area (Å²) in [6.45, 7) is 8.35. The minimum atomic E-state index is 0.857. The van der Waals surface area contributed by atoms with E-state index in [1.807, 2.05) is 0 Å². The molecule has 3 heterocycles. The van der Waals surface area contributed by atoms with E-state index in [4.69, 9.17) is 11.6 Å². The van der Waals surface area contributed by atoms with Gasteiger partial charge in [0.05, 0.1) is 14.6 Å². The predicted octanol–water partition coefficient (Wildman–Crippen LogP) is 6.35. The molecule has 0 atom stereocenters. The monoisotopic (exact) mass is 372 g/mol. The summed E-state index contributed by atoms with van der Waals surface area (Å²) in [5, 5.41) is 3.46. The third kappa shape index (κ3) is 4.00. The average molecular weight is 373 g/mol. The van der Waals surface area contributed by atoms with E-state index in [-0.39, 0.29) is 0 Å². The molecule has 1 N–H and O–H groups in total. The summed E-state index contributed by atoms with van der Waals surface area (Å²) in [5.41, 5.74) is 6.57. The van der Waals surface area contributed by atoms with Crippen molar-refractivity contribution in [3.8, 4) is 0 Å². The van der Waals surface area contributed by atoms with Crippen molar-refractivity contribution < 1.29 is 0 Å². The van der Waals surface area contributed by atoms with E-state index in [1.165, 1.54) is 39.0 Å². The first kappa shape index (κ1) is 18.2. The fourth-order valence-electron chi connectivity index (χ4n) is 3.15. The highest BCUT2D eigenvalue weighted by atomic mass is 35.5. The Hall–Kier alpha value is -1.55. The number of benzene rings is 1. The molecule has 0 amide bonds. The van der Waals surface area contributed by atoms with E-state index < -0.39 is 0 Å². The van der Waals surface area contributed by atoms with Crippen LogP contribution in [-0.2, 0) is 13.0 Å². The van der Waals surface area contributed by atoms with Crippen molar-refractivity contribution in [2.75, 3.05) is 6.54 Å². The first-order valence-electron chi connectivity index (χ1n) is 8.90. The van der Waals surface area contributed by atoms with Crippen LogP contribution in [-0.4, -0.2) is 11.1 Å². The minimum absolute atomic E-state index is 0.857. The summed E-state index contributed by atoms with van der Waals surface area (Å²) in [6, 6.07) is 10.6. The van der Waals surface area contributed by atoms with Crippen LogP contribution in [0.2, 0.25) is 4.34 Å². The Morgan fingerprint density at radius 3 is 2.84 bits per heavy atom. The molecule has 0 saturated heterocycles. The second-order valence-corrected chi connectivity index (χ2v) is 8.11. The molecule has 0 spiro atoms. The van der Waals surface area contributed by atoms with Crippen molar-refractivity contribution in [1.29, 1.82) is 0 Å². The van der Waals surface area contributed by atoms with E-state index >= 15 is 0 Å². The number of aryl methyl sites for hydroxylation is 1. The highest BCUT2D eigenvalue weighted by molar-refractivity contribution is 7.22. The number of hydrogen-bond donors (Lipinski definition) is 1. The molecule has 0 unspecified atom stereocenters. The van der Waals surface area contributed by atoms with Crippen molar-refractivity contribution in [1.82, 2.24) is 9.88 Å². The van der Waals surface area contributed by atoms with Gasteiger partial charge in [-0.2, -0.15) is 0 Å². The van der Waals surface area contributed by atoms with Crippen LogP contribution in [0.15, 0.2) is 30.3 Å². The van der Waals surface area contributed by atoms with Gasteiger partial charge in [-0.05, 0) is 24.6 Å². The number of aromatic nitrogens is 1. The van der Waals surface area contributed by atoms with E-state index in [1.54, 1.807) is 11.3 Å². The number of fused-ring (bicyclic) bond motifs is 3. The molecule has 25 heavy (non-hydrogen) atoms. The number of rotatable bonds is 2. The third-order valence-corrected chi connectivity index (χ3v) is 5.47. The van der Waals surface area contributed by atoms with Crippen LogP contribution < -0.4 is 5.32 Å². The predicted molar refractivity (Wildman–Crippen MR) is 113 cm³/mol. The van der Waals surface area contributed by atoms with Gasteiger partial charge in [-0.1, -0.05) is 61.7 Å². The normalized spacial score (nSPS) is 13.8. The van der Waals surface area contributed by atoms with Crippen LogP contribution >= 0.6 is 22.9 Å². The molecule has 4 heteroatoms. The lowest BCUT2D eigenvalue weighted by Crippen LogP contribution is -2.24. The molecule has 4 rings (SSSR count). The van der Waals surface area contributed by atoms with Gasteiger partial charge in [0.25, 0.3) is 0 Å². The zero-order valence-corrected chi connectivity index (χ0v) is 16.7. The molecule has 0 bridgehead atoms. The van der Waals surface area contributed by atoms with Crippen LogP contribution in [0.3, 0.4) is 0 Å². The first-order chi connectivity index (χ1) is 12.1. The molecule has 1 aliphatic rings. The Kier molecular flexibility index (Phi) is 6.00. The maximum absolute atomic E-state index is 6.24. The van der Waals surface area contributed by atoms with E-state index in [0.29, 0.717) is 0 Å². The van der Waals surface area contributed by atoms with E-state index in [2.05, 4.69) is 73.3 Å². The third-order valence-electron chi connectivity index (χ3n) is 4.15. The minimum Gasteiger partial charge on any atom is -0.319 e. The number of halogens is 1. The lowest BCUT2D eigenvalue weighted by atomic mass is 10.1. The Balaban J connectivity index is 0.000000569. The number of nitrogens with one attached hydrogen (secondary N) is 1. The van der Waals surface area contributed by atoms with Gasteiger partial charge in [-0.25, -0.2) is 0 Å². The fourth-order valence-corrected chi connectivity index (χ4v) is 4.42. The SMILES string of the molecule is CCC.Cc1cccc(/C=C/n2c3c(c4sc(Cl)cc42)CNCC3)c1. The highest BCUT2D eigenvalue weighted by Crippen LogP contribution is 2.37. The summed E-state index contributed by atoms with van der Waals surface area (Å²) in [7, 11) is 0. The molecule has 2 nitrogen and oxygen atoms in total. The smallest absolute Gasteiger partial charge is 0.0956 e. The Bertz CT molecular complexity index is 889. The van der Waals surface area contributed by atoms with Gasteiger partial charge in [-0.15, -0.1) is 11.3 Å². The number of nitrogens with zero attached hydrogens (tertiary/aromatic N) is 1. The van der Waals surface area contributed by atoms with E-state index in [0.717, 1.165) is 23.8 Å². The van der Waals surface area contributed by atoms with Gasteiger partial charge >= 0.3 is 0 Å². The number of hydrogen-bond acceptors (Lipinski definition) is 2. The fraction of sp³-hybridized carbons (Fsp3) is 0.333. The second-order valence-electron chi connectivity index (χ2n) is 6.42. The second kappa shape index (κ2) is 8.22. The van der Waals surface area contributed by atoms with Crippen molar-refractivity contribution in [2.45, 2.75) is 40.2 Å². The molecular weight excluding hydrogens is 348 g/mol. The van der Waals surface area contributed by atoms with E-state index in [9.17, 15) is 0 Å². The Labute approximate surface area is 159 Å². The Morgan fingerprint density at radius 2 is 2.08 bits per heavy atom. The Morgan fingerprint density at radius 1 is 1.28 bits per heavy atom. The standard InChI is InChI=1S/C18H17ClN2S.C3H8/c1-12-3-2-4-13(9-12)6-8-21-15-5-7-20-11-14(15)18-16(21)10-17(19)22-18;1-3-2/h2-4,6,8-10,20H,5,7,11H2,1H3;3H2,1-2H3/b8-6+;. The largest absolute Gasteiger partial charge is 0.319 e. The van der Waals surface area contributed by atoms with Crippen LogP contribution in [0.4, 0.5) is 0 Å². The lowest BCUT2D eigenvalue weighted by Gasteiger charge is -2.15. The molecule has 1 aliphatic heterocycles. The molecule has 2 aromatic heterocycles. The zero-order chi connectivity index (χ0) is 17.8. The molecule has 0 fully saturated rings. The zero-order valence-electron chi connectivity index (χ0n) is 15.1. The topological polar surface area (TPSA) is 17.0 Å². The maximum Gasteiger partial charge on any atom is 0.0956 e. The summed E-state index contributed by atoms with van der Waals surface area (Å²) < 4.78 is 4.49. The molecule has 0 radical (unpaired) electrons. The van der Waals surface area contributed by atoms with Crippen LogP contribution in [0.1, 0.15) is 42.7 Å². The van der Waals surface area contributed by atoms with Crippen LogP contribution in [0, 0.1) is 6.92 Å². The first-order valence-corrected chi connectivity index (χ1v) is 10.1. The van der Waals surface area contributed by atoms with Gasteiger partial charge in [0.1, 0.15) is 0 Å². The van der Waals surface area contributed by atoms with Gasteiger partial charge in [0.2, 0.25) is 0 Å². The molecule has 1 aromatic carbocycles. The molecular formula is C21H25ClN2S. The van der Waals surface area contributed by atoms with Gasteiger partial charge in [0.15, 0.2) is 0 Å². The molecule has 0 aliphatic carbocycles. The molecule has 132 valence electrons. The van der Waals surface area contributed by atoms with Gasteiger partial charge in [0, 0.05) is 37.0 Å². The maximum atomic E-state index is 6.24. The number of thiophene rings is 1. The van der Waals surface area contributed by atoms with Gasteiger partial charge in [-0.3, -0.25) is 0 Å². The van der Waals surface area contributed by atoms with Crippen molar-refractivity contribution in [3.63, 3.8) is 0 Å². The van der Waals surface area contributed by atoms with Crippen molar-refractivity contribution >= 4 is 45.4 Å². The lowest BCUT2D eigenvalue weighted by molar-refractivity contribution is 0.634. The summed E-state index contributed by atoms with van der Waals surface area (Å²) in [4.78, 5) is 0. The van der Waals surface area contributed by atoms with Crippen molar-refractivity contribution in [3.05, 3.63) is 57.1 Å². The van der Waals surface area contributed by atoms with Gasteiger partial charge < -0.3 is 9.88 Å². The average Bonchev–Trinajstić information content (AvgIpc) is 3.09. The summed E-state index contributed by atoms with van der Waals surface area (Å²) >= 11 is 7.92. The summed E-state index contributed by atoms with van der Waals surface area (Å²) in [6.07, 6.45) is 6.68. The van der Waals surface area contributed by atoms with Crippen molar-refractivity contribution in [2.24, 2.45) is 0 Å². The van der Waals surface area contributed by atoms with Crippen LogP contribution in [0.25, 0.3) is 22.5 Å². The quantitative estimate of drug-likeness (QED) is 0.554. The summed E-state index contributed by atoms with van der Waals surface area (Å²) in [5.74, 6) is 0. The molecule has 3 aromatic rings. The highest BCUT2D eigenvalue weighted by Gasteiger charge is 2.20. The molecule has 0 saturated carbocycles.